The smallest absolute Gasteiger partial charge is 0.387 e. The van der Waals surface area contributed by atoms with Crippen molar-refractivity contribution in [2.45, 2.75) is 38.0 Å². The van der Waals surface area contributed by atoms with Crippen LogP contribution in [0.3, 0.4) is 0 Å². The average Bonchev–Trinajstić information content (AvgIpc) is 3.01. The molecule has 2 rings (SSSR count). The van der Waals surface area contributed by atoms with E-state index in [0.717, 1.165) is 4.68 Å². The van der Waals surface area contributed by atoms with Gasteiger partial charge in [0.05, 0.1) is 19.3 Å². The summed E-state index contributed by atoms with van der Waals surface area (Å²) in [5.74, 6) is -0.248. The molecule has 130 valence electrons. The molecule has 4 atom stereocenters. The lowest BCUT2D eigenvalue weighted by Crippen LogP contribution is -2.33. The summed E-state index contributed by atoms with van der Waals surface area (Å²) in [6.07, 6.45) is -3.66. The van der Waals surface area contributed by atoms with Crippen molar-refractivity contribution in [1.82, 2.24) is 20.3 Å². The lowest BCUT2D eigenvalue weighted by atomic mass is 10.1. The zero-order valence-electron chi connectivity index (χ0n) is 12.0. The molecule has 1 aromatic rings. The molecule has 0 saturated carbocycles. The molecule has 1 amide bonds. The summed E-state index contributed by atoms with van der Waals surface area (Å²) in [6.45, 7) is 0.869. The molecule has 0 aliphatic carbocycles. The summed E-state index contributed by atoms with van der Waals surface area (Å²) >= 11 is 0. The Bertz CT molecular complexity index is 603. The first kappa shape index (κ1) is 17.9. The zero-order valence-corrected chi connectivity index (χ0v) is 12.9. The van der Waals surface area contributed by atoms with E-state index in [0.29, 0.717) is 5.69 Å². The molecule has 23 heavy (non-hydrogen) atoms. The van der Waals surface area contributed by atoms with Crippen molar-refractivity contribution in [1.29, 1.82) is 0 Å². The van der Waals surface area contributed by atoms with Crippen LogP contribution in [0.1, 0.15) is 18.8 Å². The summed E-state index contributed by atoms with van der Waals surface area (Å²) < 4.78 is 21.4. The Morgan fingerprint density at radius 3 is 2.78 bits per heavy atom. The lowest BCUT2D eigenvalue weighted by molar-refractivity contribution is -0.119. The number of amides is 1. The number of hydrogen-bond acceptors (Lipinski definition) is 8. The number of carbonyl (C=O) groups is 1. The fourth-order valence-corrected chi connectivity index (χ4v) is 2.33. The second kappa shape index (κ2) is 7.01. The summed E-state index contributed by atoms with van der Waals surface area (Å²) in [7, 11) is -4.72. The van der Waals surface area contributed by atoms with Gasteiger partial charge < -0.3 is 30.1 Å². The highest BCUT2D eigenvalue weighted by Gasteiger charge is 2.45. The lowest BCUT2D eigenvalue weighted by Gasteiger charge is -2.14. The fraction of sp³-hybridized carbons (Fsp3) is 0.700. The number of aromatic nitrogens is 3. The van der Waals surface area contributed by atoms with Crippen LogP contribution in [-0.2, 0) is 25.2 Å². The van der Waals surface area contributed by atoms with Gasteiger partial charge in [0.15, 0.2) is 6.23 Å². The minimum Gasteiger partial charge on any atom is -0.387 e. The number of phosphoric ester groups is 1. The van der Waals surface area contributed by atoms with Gasteiger partial charge in [0, 0.05) is 6.92 Å². The van der Waals surface area contributed by atoms with Gasteiger partial charge in [-0.15, -0.1) is 5.10 Å². The van der Waals surface area contributed by atoms with Crippen LogP contribution < -0.4 is 5.32 Å². The molecule has 0 aromatic carbocycles. The summed E-state index contributed by atoms with van der Waals surface area (Å²) in [6, 6.07) is 0. The SMILES string of the molecule is CC(=O)NCc1cn([C@@H]2O[C@H](COP(=O)(O)O)[C@@H](O)[C@H]2O)nn1. The number of nitrogens with zero attached hydrogens (tertiary/aromatic N) is 3. The number of rotatable bonds is 6. The van der Waals surface area contributed by atoms with E-state index < -0.39 is 39.0 Å². The van der Waals surface area contributed by atoms with Gasteiger partial charge in [0.25, 0.3) is 0 Å². The molecular weight excluding hydrogens is 335 g/mol. The quantitative estimate of drug-likeness (QED) is 0.348. The number of phosphoric acid groups is 1. The van der Waals surface area contributed by atoms with E-state index in [1.807, 2.05) is 0 Å². The third-order valence-corrected chi connectivity index (χ3v) is 3.57. The maximum Gasteiger partial charge on any atom is 0.469 e. The Kier molecular flexibility index (Phi) is 5.47. The first-order valence-electron chi connectivity index (χ1n) is 6.54. The topological polar surface area (TPSA) is 176 Å². The molecule has 1 fully saturated rings. The number of aliphatic hydroxyl groups excluding tert-OH is 2. The van der Waals surface area contributed by atoms with E-state index in [9.17, 15) is 19.6 Å². The van der Waals surface area contributed by atoms with E-state index in [1.165, 1.54) is 13.1 Å². The standard InChI is InChI=1S/C10H17N4O8P/c1-5(15)11-2-6-3-14(13-12-6)10-9(17)8(16)7(22-10)4-21-23(18,19)20/h3,7-10,16-17H,2,4H2,1H3,(H,11,15)(H2,18,19,20)/t7-,8-,9-,10-/m1/s1. The Morgan fingerprint density at radius 1 is 1.48 bits per heavy atom. The normalized spacial score (nSPS) is 28.0. The van der Waals surface area contributed by atoms with Crippen LogP contribution in [-0.4, -0.2) is 65.8 Å². The molecule has 0 radical (unpaired) electrons. The first-order chi connectivity index (χ1) is 10.7. The Morgan fingerprint density at radius 2 is 2.17 bits per heavy atom. The number of carbonyl (C=O) groups excluding carboxylic acids is 1. The van der Waals surface area contributed by atoms with Crippen molar-refractivity contribution in [3.8, 4) is 0 Å². The predicted octanol–water partition coefficient (Wildman–Crippen LogP) is -2.36. The zero-order chi connectivity index (χ0) is 17.2. The van der Waals surface area contributed by atoms with E-state index in [4.69, 9.17) is 14.5 Å². The van der Waals surface area contributed by atoms with Gasteiger partial charge in [-0.2, -0.15) is 0 Å². The van der Waals surface area contributed by atoms with Crippen LogP contribution in [0.4, 0.5) is 0 Å². The molecule has 0 unspecified atom stereocenters. The molecular formula is C10H17N4O8P. The molecule has 1 saturated heterocycles. The monoisotopic (exact) mass is 352 g/mol. The minimum atomic E-state index is -4.72. The Hall–Kier alpha value is -1.40. The highest BCUT2D eigenvalue weighted by molar-refractivity contribution is 7.46. The maximum atomic E-state index is 10.8. The molecule has 12 nitrogen and oxygen atoms in total. The van der Waals surface area contributed by atoms with Crippen molar-refractivity contribution < 1.29 is 38.6 Å². The number of hydrogen-bond donors (Lipinski definition) is 5. The predicted molar refractivity (Wildman–Crippen MR) is 71.5 cm³/mol. The van der Waals surface area contributed by atoms with E-state index in [1.54, 1.807) is 0 Å². The van der Waals surface area contributed by atoms with Gasteiger partial charge in [-0.3, -0.25) is 9.32 Å². The van der Waals surface area contributed by atoms with Gasteiger partial charge in [-0.1, -0.05) is 5.21 Å². The number of nitrogens with one attached hydrogen (secondary N) is 1. The first-order valence-corrected chi connectivity index (χ1v) is 8.07. The summed E-state index contributed by atoms with van der Waals surface area (Å²) in [4.78, 5) is 28.1. The third kappa shape index (κ3) is 4.78. The largest absolute Gasteiger partial charge is 0.469 e. The molecule has 0 spiro atoms. The van der Waals surface area contributed by atoms with Crippen LogP contribution in [0.2, 0.25) is 0 Å². The van der Waals surface area contributed by atoms with Gasteiger partial charge in [0.2, 0.25) is 5.91 Å². The molecule has 5 N–H and O–H groups in total. The summed E-state index contributed by atoms with van der Waals surface area (Å²) in [5.41, 5.74) is 0.403. The second-order valence-electron chi connectivity index (χ2n) is 4.93. The van der Waals surface area contributed by atoms with Crippen LogP contribution in [0.5, 0.6) is 0 Å². The fourth-order valence-electron chi connectivity index (χ4n) is 1.99. The van der Waals surface area contributed by atoms with Crippen molar-refractivity contribution in [2.75, 3.05) is 6.61 Å². The molecule has 1 aliphatic heterocycles. The average molecular weight is 352 g/mol. The molecule has 13 heteroatoms. The molecule has 2 heterocycles. The second-order valence-corrected chi connectivity index (χ2v) is 6.17. The molecule has 1 aliphatic rings. The van der Waals surface area contributed by atoms with Gasteiger partial charge in [-0.05, 0) is 0 Å². The van der Waals surface area contributed by atoms with Crippen LogP contribution in [0, 0.1) is 0 Å². The van der Waals surface area contributed by atoms with Crippen LogP contribution >= 0.6 is 7.82 Å². The van der Waals surface area contributed by atoms with Crippen molar-refractivity contribution >= 4 is 13.7 Å². The van der Waals surface area contributed by atoms with E-state index in [-0.39, 0.29) is 12.5 Å². The van der Waals surface area contributed by atoms with Gasteiger partial charge in [-0.25, -0.2) is 9.25 Å². The van der Waals surface area contributed by atoms with Crippen molar-refractivity contribution in [3.63, 3.8) is 0 Å². The third-order valence-electron chi connectivity index (χ3n) is 3.08. The van der Waals surface area contributed by atoms with Gasteiger partial charge in [0.1, 0.15) is 24.0 Å². The number of aliphatic hydroxyl groups is 2. The molecule has 1 aromatic heterocycles. The summed E-state index contributed by atoms with van der Waals surface area (Å²) in [5, 5.41) is 29.8. The van der Waals surface area contributed by atoms with E-state index >= 15 is 0 Å². The van der Waals surface area contributed by atoms with E-state index in [2.05, 4.69) is 20.2 Å². The van der Waals surface area contributed by atoms with Gasteiger partial charge >= 0.3 is 7.82 Å². The van der Waals surface area contributed by atoms with Crippen LogP contribution in [0.25, 0.3) is 0 Å². The Labute approximate surface area is 130 Å². The highest BCUT2D eigenvalue weighted by Crippen LogP contribution is 2.38. The highest BCUT2D eigenvalue weighted by atomic mass is 31.2. The van der Waals surface area contributed by atoms with Crippen molar-refractivity contribution in [2.24, 2.45) is 0 Å². The molecule has 0 bridgehead atoms. The Balaban J connectivity index is 2.00. The minimum absolute atomic E-state index is 0.130. The van der Waals surface area contributed by atoms with Crippen LogP contribution in [0.15, 0.2) is 6.20 Å². The maximum absolute atomic E-state index is 10.8. The number of ether oxygens (including phenoxy) is 1. The van der Waals surface area contributed by atoms with Crippen molar-refractivity contribution in [3.05, 3.63) is 11.9 Å².